The van der Waals surface area contributed by atoms with Crippen molar-refractivity contribution in [3.63, 3.8) is 0 Å². The normalized spacial score (nSPS) is 16.2. The molecule has 4 N–H and O–H groups in total. The van der Waals surface area contributed by atoms with Crippen molar-refractivity contribution in [2.75, 3.05) is 30.0 Å². The third-order valence-electron chi connectivity index (χ3n) is 3.03. The molecular formula is C12H20N6O. The van der Waals surface area contributed by atoms with Gasteiger partial charge in [0.25, 0.3) is 0 Å². The summed E-state index contributed by atoms with van der Waals surface area (Å²) in [7, 11) is 0. The van der Waals surface area contributed by atoms with Gasteiger partial charge in [0.15, 0.2) is 0 Å². The molecule has 1 aromatic heterocycles. The number of hydrogen-bond donors (Lipinski definition) is 3. The monoisotopic (exact) mass is 264 g/mol. The smallest absolute Gasteiger partial charge is 0.221 e. The molecule has 0 aliphatic carbocycles. The second-order valence-corrected chi connectivity index (χ2v) is 4.86. The van der Waals surface area contributed by atoms with E-state index in [9.17, 15) is 4.79 Å². The lowest BCUT2D eigenvalue weighted by Crippen LogP contribution is -2.29. The van der Waals surface area contributed by atoms with Gasteiger partial charge in [-0.25, -0.2) is 15.8 Å². The molecule has 0 bridgehead atoms. The van der Waals surface area contributed by atoms with Gasteiger partial charge in [-0.3, -0.25) is 4.79 Å². The number of nitrogens with two attached hydrogens (primary N) is 1. The maximum Gasteiger partial charge on any atom is 0.221 e. The largest absolute Gasteiger partial charge is 0.354 e. The highest BCUT2D eigenvalue weighted by molar-refractivity contribution is 5.77. The number of hydrogen-bond acceptors (Lipinski definition) is 6. The Kier molecular flexibility index (Phi) is 4.16. The molecule has 2 rings (SSSR count). The number of anilines is 2. The van der Waals surface area contributed by atoms with Crippen LogP contribution in [0.5, 0.6) is 0 Å². The molecule has 1 fully saturated rings. The van der Waals surface area contributed by atoms with Crippen LogP contribution in [0.3, 0.4) is 0 Å². The number of amides is 1. The molecule has 0 radical (unpaired) electrons. The molecule has 1 aliphatic rings. The minimum Gasteiger partial charge on any atom is -0.354 e. The summed E-state index contributed by atoms with van der Waals surface area (Å²) in [4.78, 5) is 22.3. The Labute approximate surface area is 112 Å². The van der Waals surface area contributed by atoms with Gasteiger partial charge in [-0.05, 0) is 0 Å². The second kappa shape index (κ2) is 5.83. The van der Waals surface area contributed by atoms with Gasteiger partial charge in [-0.15, -0.1) is 0 Å². The predicted molar refractivity (Wildman–Crippen MR) is 73.8 cm³/mol. The van der Waals surface area contributed by atoms with Crippen LogP contribution in [0.2, 0.25) is 0 Å². The van der Waals surface area contributed by atoms with Crippen LogP contribution < -0.4 is 21.5 Å². The predicted octanol–water partition coefficient (Wildman–Crippen LogP) is 0.212. The summed E-state index contributed by atoms with van der Waals surface area (Å²) in [5, 5.41) is 2.85. The van der Waals surface area contributed by atoms with Gasteiger partial charge in [0.05, 0.1) is 0 Å². The van der Waals surface area contributed by atoms with Gasteiger partial charge in [-0.1, -0.05) is 13.8 Å². The zero-order chi connectivity index (χ0) is 13.8. The van der Waals surface area contributed by atoms with E-state index in [2.05, 4.69) is 25.6 Å². The van der Waals surface area contributed by atoms with Crippen LogP contribution in [0.1, 0.15) is 32.0 Å². The first kappa shape index (κ1) is 13.5. The Balaban J connectivity index is 2.27. The van der Waals surface area contributed by atoms with Crippen molar-refractivity contribution in [1.82, 2.24) is 15.3 Å². The van der Waals surface area contributed by atoms with Crippen molar-refractivity contribution in [1.29, 1.82) is 0 Å². The fraction of sp³-hybridized carbons (Fsp3) is 0.583. The maximum absolute atomic E-state index is 11.4. The number of nitrogen functional groups attached to an aromatic ring is 1. The van der Waals surface area contributed by atoms with E-state index in [1.807, 2.05) is 19.9 Å². The fourth-order valence-electron chi connectivity index (χ4n) is 1.94. The molecule has 0 atom stereocenters. The Hall–Kier alpha value is -1.89. The number of hydrazine groups is 1. The summed E-state index contributed by atoms with van der Waals surface area (Å²) in [6.07, 6.45) is 0.479. The molecular weight excluding hydrogens is 244 g/mol. The molecule has 2 heterocycles. The Morgan fingerprint density at radius 2 is 2.21 bits per heavy atom. The molecule has 1 aliphatic heterocycles. The first-order valence-electron chi connectivity index (χ1n) is 6.47. The lowest BCUT2D eigenvalue weighted by molar-refractivity contribution is -0.120. The quantitative estimate of drug-likeness (QED) is 0.533. The van der Waals surface area contributed by atoms with Crippen molar-refractivity contribution in [2.24, 2.45) is 5.84 Å². The lowest BCUT2D eigenvalue weighted by atomic mass is 10.2. The van der Waals surface area contributed by atoms with Gasteiger partial charge in [0.2, 0.25) is 5.91 Å². The van der Waals surface area contributed by atoms with Crippen LogP contribution in [0.25, 0.3) is 0 Å². The van der Waals surface area contributed by atoms with Gasteiger partial charge in [0.1, 0.15) is 17.5 Å². The van der Waals surface area contributed by atoms with Crippen LogP contribution in [0, 0.1) is 0 Å². The number of carbonyl (C=O) groups is 1. The minimum atomic E-state index is 0.0813. The average molecular weight is 264 g/mol. The molecule has 7 nitrogen and oxygen atoms in total. The molecule has 104 valence electrons. The topological polar surface area (TPSA) is 96.2 Å². The first-order chi connectivity index (χ1) is 9.10. The zero-order valence-corrected chi connectivity index (χ0v) is 11.3. The van der Waals surface area contributed by atoms with Crippen molar-refractivity contribution in [3.8, 4) is 0 Å². The van der Waals surface area contributed by atoms with Crippen LogP contribution in [0.4, 0.5) is 11.6 Å². The van der Waals surface area contributed by atoms with Gasteiger partial charge < -0.3 is 15.6 Å². The van der Waals surface area contributed by atoms with Crippen molar-refractivity contribution < 1.29 is 4.79 Å². The molecule has 7 heteroatoms. The minimum absolute atomic E-state index is 0.0813. The Bertz CT molecular complexity index is 462. The Morgan fingerprint density at radius 3 is 2.89 bits per heavy atom. The lowest BCUT2D eigenvalue weighted by Gasteiger charge is -2.22. The molecule has 0 aromatic carbocycles. The molecule has 1 aromatic rings. The third kappa shape index (κ3) is 3.31. The highest BCUT2D eigenvalue weighted by Gasteiger charge is 2.17. The summed E-state index contributed by atoms with van der Waals surface area (Å²) < 4.78 is 0. The number of rotatable bonds is 3. The van der Waals surface area contributed by atoms with Crippen molar-refractivity contribution in [3.05, 3.63) is 11.9 Å². The van der Waals surface area contributed by atoms with E-state index in [0.717, 1.165) is 18.2 Å². The van der Waals surface area contributed by atoms with Crippen LogP contribution >= 0.6 is 0 Å². The summed E-state index contributed by atoms with van der Waals surface area (Å²) in [5.41, 5.74) is 2.57. The third-order valence-corrected chi connectivity index (χ3v) is 3.03. The second-order valence-electron chi connectivity index (χ2n) is 4.86. The van der Waals surface area contributed by atoms with Crippen LogP contribution in [-0.2, 0) is 4.79 Å². The Morgan fingerprint density at radius 1 is 1.42 bits per heavy atom. The standard InChI is InChI=1S/C12H20N6O/c1-8(2)12-15-9(17-13)7-10(16-12)18-5-3-11(19)14-4-6-18/h7-8H,3-6,13H2,1-2H3,(H,14,19)(H,15,16,17). The van der Waals surface area contributed by atoms with E-state index < -0.39 is 0 Å². The maximum atomic E-state index is 11.4. The van der Waals surface area contributed by atoms with Crippen molar-refractivity contribution in [2.45, 2.75) is 26.2 Å². The molecule has 0 saturated carbocycles. The van der Waals surface area contributed by atoms with E-state index in [1.165, 1.54) is 0 Å². The van der Waals surface area contributed by atoms with E-state index in [1.54, 1.807) is 0 Å². The molecule has 0 spiro atoms. The number of carbonyl (C=O) groups excluding carboxylic acids is 1. The fourth-order valence-corrected chi connectivity index (χ4v) is 1.94. The average Bonchev–Trinajstić information content (AvgIpc) is 2.63. The van der Waals surface area contributed by atoms with Crippen LogP contribution in [-0.4, -0.2) is 35.5 Å². The molecule has 1 saturated heterocycles. The number of nitrogens with one attached hydrogen (secondary N) is 2. The van der Waals surface area contributed by atoms with Gasteiger partial charge in [0, 0.05) is 38.0 Å². The van der Waals surface area contributed by atoms with E-state index >= 15 is 0 Å². The summed E-state index contributed by atoms with van der Waals surface area (Å²) in [6.45, 7) is 6.10. The van der Waals surface area contributed by atoms with Crippen molar-refractivity contribution >= 4 is 17.5 Å². The van der Waals surface area contributed by atoms with Crippen LogP contribution in [0.15, 0.2) is 6.07 Å². The zero-order valence-electron chi connectivity index (χ0n) is 11.3. The summed E-state index contributed by atoms with van der Waals surface area (Å²) in [5.74, 6) is 7.89. The molecule has 0 unspecified atom stereocenters. The first-order valence-corrected chi connectivity index (χ1v) is 6.47. The SMILES string of the molecule is CC(C)c1nc(NN)cc(N2CCNC(=O)CC2)n1. The van der Waals surface area contributed by atoms with E-state index in [0.29, 0.717) is 25.3 Å². The number of aromatic nitrogens is 2. The summed E-state index contributed by atoms with van der Waals surface area (Å²) in [6, 6.07) is 1.81. The molecule has 19 heavy (non-hydrogen) atoms. The summed E-state index contributed by atoms with van der Waals surface area (Å²) >= 11 is 0. The highest BCUT2D eigenvalue weighted by atomic mass is 16.1. The van der Waals surface area contributed by atoms with Gasteiger partial charge >= 0.3 is 0 Å². The highest BCUT2D eigenvalue weighted by Crippen LogP contribution is 2.20. The van der Waals surface area contributed by atoms with E-state index in [4.69, 9.17) is 5.84 Å². The van der Waals surface area contributed by atoms with Gasteiger partial charge in [-0.2, -0.15) is 0 Å². The van der Waals surface area contributed by atoms with E-state index in [-0.39, 0.29) is 11.8 Å². The number of nitrogens with zero attached hydrogens (tertiary/aromatic N) is 3. The molecule has 1 amide bonds.